The van der Waals surface area contributed by atoms with Crippen LogP contribution in [0.1, 0.15) is 52.3 Å². The van der Waals surface area contributed by atoms with Gasteiger partial charge in [0.1, 0.15) is 11.9 Å². The lowest BCUT2D eigenvalue weighted by atomic mass is 9.85. The van der Waals surface area contributed by atoms with Gasteiger partial charge in [-0.15, -0.1) is 11.3 Å². The Morgan fingerprint density at radius 3 is 2.57 bits per heavy atom. The van der Waals surface area contributed by atoms with E-state index in [4.69, 9.17) is 9.83 Å². The van der Waals surface area contributed by atoms with Crippen LogP contribution in [0, 0.1) is 12.3 Å². The van der Waals surface area contributed by atoms with Crippen LogP contribution in [0.4, 0.5) is 0 Å². The summed E-state index contributed by atoms with van der Waals surface area (Å²) >= 11 is 1.60. The number of amidine groups is 1. The first-order chi connectivity index (χ1) is 16.4. The first-order valence-electron chi connectivity index (χ1n) is 11.7. The van der Waals surface area contributed by atoms with Gasteiger partial charge in [0.2, 0.25) is 17.5 Å². The number of aliphatic hydroxyl groups excluding tert-OH is 1. The number of carbonyl (C=O) groups is 2. The van der Waals surface area contributed by atoms with E-state index in [2.05, 4.69) is 15.8 Å². The van der Waals surface area contributed by atoms with Crippen molar-refractivity contribution in [1.29, 1.82) is 0 Å². The van der Waals surface area contributed by atoms with Crippen LogP contribution >= 0.6 is 11.3 Å². The fraction of sp³-hybridized carbons (Fsp3) is 0.520. The average molecular weight is 500 g/mol. The second-order valence-corrected chi connectivity index (χ2v) is 11.3. The molecule has 2 aromatic rings. The van der Waals surface area contributed by atoms with Gasteiger partial charge in [-0.2, -0.15) is 0 Å². The minimum atomic E-state index is -0.986. The molecule has 9 nitrogen and oxygen atoms in total. The maximum Gasteiger partial charge on any atom is 0.246 e. The monoisotopic (exact) mass is 499 g/mol. The van der Waals surface area contributed by atoms with Crippen molar-refractivity contribution in [2.24, 2.45) is 10.4 Å². The molecule has 4 rings (SSSR count). The topological polar surface area (TPSA) is 116 Å². The number of thiazole rings is 1. The molecule has 1 unspecified atom stereocenters. The number of hydrogen-bond acceptors (Lipinski definition) is 8. The SMILES string of the molecule is CC(=O)N[C@H](C(=O)N1C[C@H](O)C[C@H]1C1=NC(C)(c2ccc(-c3scnc3C)cc2)ON1)C(C)(C)C. The second-order valence-electron chi connectivity index (χ2n) is 10.4. The summed E-state index contributed by atoms with van der Waals surface area (Å²) < 4.78 is 0. The molecule has 10 heteroatoms. The lowest BCUT2D eigenvalue weighted by Crippen LogP contribution is -2.57. The number of benzene rings is 1. The molecule has 4 atom stereocenters. The number of amides is 2. The van der Waals surface area contributed by atoms with Crippen molar-refractivity contribution in [2.75, 3.05) is 6.54 Å². The van der Waals surface area contributed by atoms with Gasteiger partial charge in [0, 0.05) is 25.5 Å². The summed E-state index contributed by atoms with van der Waals surface area (Å²) in [6.45, 7) is 11.1. The first kappa shape index (κ1) is 25.3. The molecule has 1 aromatic carbocycles. The highest BCUT2D eigenvalue weighted by Gasteiger charge is 2.46. The van der Waals surface area contributed by atoms with Crippen molar-refractivity contribution in [3.05, 3.63) is 41.0 Å². The van der Waals surface area contributed by atoms with Crippen LogP contribution in [-0.4, -0.2) is 57.4 Å². The molecule has 2 aliphatic rings. The highest BCUT2D eigenvalue weighted by molar-refractivity contribution is 7.13. The minimum absolute atomic E-state index is 0.163. The summed E-state index contributed by atoms with van der Waals surface area (Å²) in [5.41, 5.74) is 6.18. The highest BCUT2D eigenvalue weighted by atomic mass is 32.1. The predicted molar refractivity (Wildman–Crippen MR) is 134 cm³/mol. The van der Waals surface area contributed by atoms with Crippen LogP contribution in [0.3, 0.4) is 0 Å². The van der Waals surface area contributed by atoms with Gasteiger partial charge in [-0.3, -0.25) is 9.59 Å². The Labute approximate surface area is 209 Å². The lowest BCUT2D eigenvalue weighted by molar-refractivity contribution is -0.139. The molecular weight excluding hydrogens is 466 g/mol. The average Bonchev–Trinajstić information content (AvgIpc) is 3.49. The summed E-state index contributed by atoms with van der Waals surface area (Å²) in [6.07, 6.45) is -0.363. The summed E-state index contributed by atoms with van der Waals surface area (Å²) in [5, 5.41) is 13.2. The zero-order valence-corrected chi connectivity index (χ0v) is 21.8. The number of carbonyl (C=O) groups excluding carboxylic acids is 2. The van der Waals surface area contributed by atoms with Crippen molar-refractivity contribution in [3.8, 4) is 10.4 Å². The number of nitrogens with zero attached hydrogens (tertiary/aromatic N) is 3. The summed E-state index contributed by atoms with van der Waals surface area (Å²) in [5.74, 6) is -0.0503. The molecule has 0 radical (unpaired) electrons. The molecule has 0 spiro atoms. The van der Waals surface area contributed by atoms with Gasteiger partial charge in [0.05, 0.1) is 28.2 Å². The van der Waals surface area contributed by atoms with Gasteiger partial charge in [-0.1, -0.05) is 45.0 Å². The van der Waals surface area contributed by atoms with E-state index in [-0.39, 0.29) is 18.4 Å². The van der Waals surface area contributed by atoms with E-state index in [1.807, 2.05) is 64.4 Å². The Bertz CT molecular complexity index is 1140. The number of rotatable bonds is 5. The van der Waals surface area contributed by atoms with Crippen LogP contribution in [0.15, 0.2) is 34.8 Å². The smallest absolute Gasteiger partial charge is 0.246 e. The number of nitrogens with one attached hydrogen (secondary N) is 2. The van der Waals surface area contributed by atoms with Crippen molar-refractivity contribution in [2.45, 2.75) is 71.9 Å². The number of aryl methyl sites for hydroxylation is 1. The van der Waals surface area contributed by atoms with E-state index in [9.17, 15) is 14.7 Å². The molecule has 1 saturated heterocycles. The van der Waals surface area contributed by atoms with E-state index in [1.165, 1.54) is 6.92 Å². The molecule has 0 bridgehead atoms. The van der Waals surface area contributed by atoms with Crippen LogP contribution in [0.5, 0.6) is 0 Å². The van der Waals surface area contributed by atoms with Crippen molar-refractivity contribution in [1.82, 2.24) is 20.7 Å². The molecule has 0 saturated carbocycles. The quantitative estimate of drug-likeness (QED) is 0.583. The molecule has 35 heavy (non-hydrogen) atoms. The predicted octanol–water partition coefficient (Wildman–Crippen LogP) is 2.74. The third kappa shape index (κ3) is 5.10. The van der Waals surface area contributed by atoms with Gasteiger partial charge < -0.3 is 15.3 Å². The Kier molecular flexibility index (Phi) is 6.74. The normalized spacial score (nSPS) is 25.2. The van der Waals surface area contributed by atoms with Crippen molar-refractivity contribution >= 4 is 29.0 Å². The van der Waals surface area contributed by atoms with Crippen molar-refractivity contribution in [3.63, 3.8) is 0 Å². The van der Waals surface area contributed by atoms with Crippen LogP contribution < -0.4 is 10.8 Å². The van der Waals surface area contributed by atoms with Gasteiger partial charge >= 0.3 is 0 Å². The van der Waals surface area contributed by atoms with Crippen LogP contribution in [0.2, 0.25) is 0 Å². The minimum Gasteiger partial charge on any atom is -0.391 e. The lowest BCUT2D eigenvalue weighted by Gasteiger charge is -2.35. The van der Waals surface area contributed by atoms with Gasteiger partial charge in [-0.05, 0) is 24.8 Å². The third-order valence-corrected chi connectivity index (χ3v) is 7.43. The molecule has 1 aromatic heterocycles. The van der Waals surface area contributed by atoms with E-state index in [0.717, 1.165) is 21.7 Å². The maximum atomic E-state index is 13.5. The van der Waals surface area contributed by atoms with E-state index < -0.39 is 29.3 Å². The van der Waals surface area contributed by atoms with Gasteiger partial charge in [-0.25, -0.2) is 20.3 Å². The number of likely N-dealkylation sites (tertiary alicyclic amines) is 1. The summed E-state index contributed by atoms with van der Waals surface area (Å²) in [4.78, 5) is 43.1. The largest absolute Gasteiger partial charge is 0.391 e. The number of aliphatic hydroxyl groups is 1. The van der Waals surface area contributed by atoms with E-state index in [1.54, 1.807) is 16.2 Å². The molecule has 2 aliphatic heterocycles. The summed E-state index contributed by atoms with van der Waals surface area (Å²) in [6, 6.07) is 6.77. The van der Waals surface area contributed by atoms with E-state index in [0.29, 0.717) is 12.3 Å². The zero-order chi connectivity index (χ0) is 25.5. The number of hydrogen-bond donors (Lipinski definition) is 3. The molecule has 188 valence electrons. The Balaban J connectivity index is 1.58. The fourth-order valence-electron chi connectivity index (χ4n) is 4.54. The molecule has 1 fully saturated rings. The van der Waals surface area contributed by atoms with Gasteiger partial charge in [0.15, 0.2) is 0 Å². The summed E-state index contributed by atoms with van der Waals surface area (Å²) in [7, 11) is 0. The standard InChI is InChI=1S/C25H33N5O4S/c1-14-20(35-13-26-14)16-7-9-17(10-8-16)25(6)28-22(29-34-25)19-11-18(32)12-30(19)23(33)21(24(3,4)5)27-15(2)31/h7-10,13,18-19,21,32H,11-12H2,1-6H3,(H,27,31)(H,28,29)/t18-,19+,21-,25?/m1/s1. The molecule has 2 amide bonds. The molecule has 3 N–H and O–H groups in total. The first-order valence-corrected chi connectivity index (χ1v) is 12.6. The van der Waals surface area contributed by atoms with Gasteiger partial charge in [0.25, 0.3) is 0 Å². The molecule has 0 aliphatic carbocycles. The molecule has 3 heterocycles. The number of aromatic nitrogens is 1. The maximum absolute atomic E-state index is 13.5. The fourth-order valence-corrected chi connectivity index (χ4v) is 5.35. The number of β-amino-alcohol motifs (C(OH)–C–C–N with tert-alkyl or cyclic N) is 1. The second kappa shape index (κ2) is 9.33. The number of hydroxylamine groups is 1. The highest BCUT2D eigenvalue weighted by Crippen LogP contribution is 2.35. The Morgan fingerprint density at radius 2 is 2.00 bits per heavy atom. The third-order valence-electron chi connectivity index (χ3n) is 6.45. The van der Waals surface area contributed by atoms with Crippen LogP contribution in [0.25, 0.3) is 10.4 Å². The van der Waals surface area contributed by atoms with E-state index >= 15 is 0 Å². The van der Waals surface area contributed by atoms with Crippen LogP contribution in [-0.2, 0) is 20.2 Å². The Morgan fingerprint density at radius 1 is 1.31 bits per heavy atom. The number of aliphatic imine (C=N–C) groups is 1. The Hall–Kier alpha value is -2.82. The molecular formula is C25H33N5O4S. The zero-order valence-electron chi connectivity index (χ0n) is 21.0. The van der Waals surface area contributed by atoms with Crippen molar-refractivity contribution < 1.29 is 19.5 Å².